The maximum absolute atomic E-state index is 13.2. The summed E-state index contributed by atoms with van der Waals surface area (Å²) in [7, 11) is 0. The van der Waals surface area contributed by atoms with Gasteiger partial charge < -0.3 is 4.74 Å². The van der Waals surface area contributed by atoms with E-state index in [9.17, 15) is 13.2 Å². The third kappa shape index (κ3) is 2.55. The first-order chi connectivity index (χ1) is 7.66. The normalized spacial score (nSPS) is 16.2. The van der Waals surface area contributed by atoms with E-state index in [4.69, 9.17) is 4.74 Å². The second kappa shape index (κ2) is 4.87. The summed E-state index contributed by atoms with van der Waals surface area (Å²) >= 11 is 0. The summed E-state index contributed by atoms with van der Waals surface area (Å²) in [6, 6.07) is 1.41. The van der Waals surface area contributed by atoms with Crippen LogP contribution in [-0.4, -0.2) is 6.61 Å². The number of hydrogen-bond donors (Lipinski definition) is 0. The molecule has 88 valence electrons. The minimum atomic E-state index is -1.17. The zero-order valence-corrected chi connectivity index (χ0v) is 8.81. The Morgan fingerprint density at radius 1 is 1.06 bits per heavy atom. The first-order valence-corrected chi connectivity index (χ1v) is 5.38. The first-order valence-electron chi connectivity index (χ1n) is 5.38. The van der Waals surface area contributed by atoms with Crippen molar-refractivity contribution in [2.45, 2.75) is 25.9 Å². The second-order valence-electron chi connectivity index (χ2n) is 4.17. The minimum absolute atomic E-state index is 0.000463. The fourth-order valence-electron chi connectivity index (χ4n) is 1.67. The monoisotopic (exact) mass is 230 g/mol. The van der Waals surface area contributed by atoms with Crippen molar-refractivity contribution in [3.63, 3.8) is 0 Å². The molecule has 1 aromatic rings. The number of benzene rings is 1. The van der Waals surface area contributed by atoms with Gasteiger partial charge in [0.05, 0.1) is 6.61 Å². The van der Waals surface area contributed by atoms with Gasteiger partial charge in [-0.15, -0.1) is 0 Å². The molecule has 1 aliphatic rings. The van der Waals surface area contributed by atoms with Crippen LogP contribution < -0.4 is 0 Å². The molecule has 0 radical (unpaired) electrons. The van der Waals surface area contributed by atoms with Crippen molar-refractivity contribution in [2.24, 2.45) is 5.92 Å². The van der Waals surface area contributed by atoms with Crippen LogP contribution in [0.15, 0.2) is 12.1 Å². The van der Waals surface area contributed by atoms with Crippen LogP contribution in [0.25, 0.3) is 0 Å². The maximum Gasteiger partial charge on any atom is 0.161 e. The predicted molar refractivity (Wildman–Crippen MR) is 53.3 cm³/mol. The van der Waals surface area contributed by atoms with Crippen LogP contribution >= 0.6 is 0 Å². The Morgan fingerprint density at radius 2 is 1.75 bits per heavy atom. The Labute approximate surface area is 92.2 Å². The van der Waals surface area contributed by atoms with Gasteiger partial charge in [-0.1, -0.05) is 6.42 Å². The molecule has 0 aromatic heterocycles. The third-order valence-corrected chi connectivity index (χ3v) is 2.93. The predicted octanol–water partition coefficient (Wildman–Crippen LogP) is 3.42. The standard InChI is InChI=1S/C12H13F3O/c13-10-5-12(15)11(14)4-9(10)7-16-6-8-2-1-3-8/h4-5,8H,1-3,6-7H2. The Hall–Kier alpha value is -1.03. The van der Waals surface area contributed by atoms with E-state index in [2.05, 4.69) is 0 Å². The number of halogens is 3. The van der Waals surface area contributed by atoms with Gasteiger partial charge in [-0.25, -0.2) is 13.2 Å². The molecule has 0 N–H and O–H groups in total. The van der Waals surface area contributed by atoms with Gasteiger partial charge in [0.25, 0.3) is 0 Å². The van der Waals surface area contributed by atoms with Crippen LogP contribution in [0.2, 0.25) is 0 Å². The van der Waals surface area contributed by atoms with Gasteiger partial charge in [0.1, 0.15) is 5.82 Å². The van der Waals surface area contributed by atoms with Gasteiger partial charge in [0, 0.05) is 18.2 Å². The van der Waals surface area contributed by atoms with Crippen molar-refractivity contribution in [2.75, 3.05) is 6.61 Å². The zero-order valence-electron chi connectivity index (χ0n) is 8.81. The Balaban J connectivity index is 1.90. The van der Waals surface area contributed by atoms with E-state index in [1.165, 1.54) is 6.42 Å². The van der Waals surface area contributed by atoms with E-state index in [0.29, 0.717) is 18.6 Å². The van der Waals surface area contributed by atoms with Gasteiger partial charge in [0.2, 0.25) is 0 Å². The minimum Gasteiger partial charge on any atom is -0.376 e. The van der Waals surface area contributed by atoms with E-state index < -0.39 is 17.5 Å². The van der Waals surface area contributed by atoms with Gasteiger partial charge in [-0.05, 0) is 24.8 Å². The lowest BCUT2D eigenvalue weighted by Crippen LogP contribution is -2.17. The first kappa shape index (κ1) is 11.5. The molecule has 4 heteroatoms. The number of hydrogen-bond acceptors (Lipinski definition) is 1. The van der Waals surface area contributed by atoms with Crippen LogP contribution in [0.3, 0.4) is 0 Å². The molecule has 16 heavy (non-hydrogen) atoms. The summed E-state index contributed by atoms with van der Waals surface area (Å²) in [5, 5.41) is 0. The smallest absolute Gasteiger partial charge is 0.161 e. The molecule has 0 aliphatic heterocycles. The highest BCUT2D eigenvalue weighted by Crippen LogP contribution is 2.26. The highest BCUT2D eigenvalue weighted by molar-refractivity contribution is 5.19. The van der Waals surface area contributed by atoms with Crippen LogP contribution in [0.4, 0.5) is 13.2 Å². The van der Waals surface area contributed by atoms with Crippen LogP contribution in [-0.2, 0) is 11.3 Å². The van der Waals surface area contributed by atoms with Crippen molar-refractivity contribution in [3.05, 3.63) is 35.1 Å². The van der Waals surface area contributed by atoms with E-state index in [0.717, 1.165) is 18.9 Å². The topological polar surface area (TPSA) is 9.23 Å². The summed E-state index contributed by atoms with van der Waals surface area (Å²) in [5.74, 6) is -2.41. The van der Waals surface area contributed by atoms with E-state index >= 15 is 0 Å². The summed E-state index contributed by atoms with van der Waals surface area (Å²) in [5.41, 5.74) is 0.0678. The van der Waals surface area contributed by atoms with Gasteiger partial charge in [-0.3, -0.25) is 0 Å². The Morgan fingerprint density at radius 3 is 2.38 bits per heavy atom. The van der Waals surface area contributed by atoms with E-state index in [1.807, 2.05) is 0 Å². The fourth-order valence-corrected chi connectivity index (χ4v) is 1.67. The lowest BCUT2D eigenvalue weighted by atomic mass is 9.86. The average molecular weight is 230 g/mol. The van der Waals surface area contributed by atoms with Crippen molar-refractivity contribution in [1.29, 1.82) is 0 Å². The molecule has 0 bridgehead atoms. The lowest BCUT2D eigenvalue weighted by molar-refractivity contribution is 0.0580. The highest BCUT2D eigenvalue weighted by atomic mass is 19.2. The molecule has 1 aliphatic carbocycles. The van der Waals surface area contributed by atoms with E-state index in [1.54, 1.807) is 0 Å². The van der Waals surface area contributed by atoms with Crippen molar-refractivity contribution >= 4 is 0 Å². The molecule has 0 heterocycles. The van der Waals surface area contributed by atoms with Gasteiger partial charge in [0.15, 0.2) is 11.6 Å². The van der Waals surface area contributed by atoms with Crippen LogP contribution in [0, 0.1) is 23.4 Å². The fraction of sp³-hybridized carbons (Fsp3) is 0.500. The molecule has 1 nitrogen and oxygen atoms in total. The molecule has 0 saturated heterocycles. The molecule has 0 amide bonds. The third-order valence-electron chi connectivity index (χ3n) is 2.93. The molecule has 2 rings (SSSR count). The lowest BCUT2D eigenvalue weighted by Gasteiger charge is -2.24. The summed E-state index contributed by atoms with van der Waals surface area (Å²) in [6.07, 6.45) is 3.49. The Bertz CT molecular complexity index is 375. The molecular formula is C12H13F3O. The summed E-state index contributed by atoms with van der Waals surface area (Å²) in [6.45, 7) is 0.567. The van der Waals surface area contributed by atoms with Crippen molar-refractivity contribution in [1.82, 2.24) is 0 Å². The molecule has 0 atom stereocenters. The van der Waals surface area contributed by atoms with Crippen LogP contribution in [0.5, 0.6) is 0 Å². The highest BCUT2D eigenvalue weighted by Gasteiger charge is 2.17. The van der Waals surface area contributed by atoms with Gasteiger partial charge in [-0.2, -0.15) is 0 Å². The van der Waals surface area contributed by atoms with Crippen molar-refractivity contribution < 1.29 is 17.9 Å². The Kier molecular flexibility index (Phi) is 3.49. The molecular weight excluding hydrogens is 217 g/mol. The van der Waals surface area contributed by atoms with Gasteiger partial charge >= 0.3 is 0 Å². The SMILES string of the molecule is Fc1cc(F)c(COCC2CCC2)cc1F. The summed E-state index contributed by atoms with van der Waals surface area (Å²) < 4.78 is 43.9. The molecule has 1 fully saturated rings. The summed E-state index contributed by atoms with van der Waals surface area (Å²) in [4.78, 5) is 0. The molecule has 0 unspecified atom stereocenters. The number of rotatable bonds is 4. The van der Waals surface area contributed by atoms with Crippen LogP contribution in [0.1, 0.15) is 24.8 Å². The molecule has 1 saturated carbocycles. The average Bonchev–Trinajstić information content (AvgIpc) is 2.17. The molecule has 1 aromatic carbocycles. The number of ether oxygens (including phenoxy) is 1. The quantitative estimate of drug-likeness (QED) is 0.720. The van der Waals surface area contributed by atoms with E-state index in [-0.39, 0.29) is 12.2 Å². The zero-order chi connectivity index (χ0) is 11.5. The van der Waals surface area contributed by atoms with Crippen molar-refractivity contribution in [3.8, 4) is 0 Å². The maximum atomic E-state index is 13.2. The largest absolute Gasteiger partial charge is 0.376 e. The second-order valence-corrected chi connectivity index (χ2v) is 4.17. The molecule has 0 spiro atoms.